The lowest BCUT2D eigenvalue weighted by Crippen LogP contribution is -2.22. The summed E-state index contributed by atoms with van der Waals surface area (Å²) in [5, 5.41) is 3.34. The van der Waals surface area contributed by atoms with Crippen LogP contribution in [-0.2, 0) is 0 Å². The molecule has 1 aliphatic carbocycles. The van der Waals surface area contributed by atoms with Gasteiger partial charge in [0, 0.05) is 23.3 Å². The van der Waals surface area contributed by atoms with Crippen molar-refractivity contribution in [1.82, 2.24) is 5.32 Å². The fourth-order valence-corrected chi connectivity index (χ4v) is 3.03. The van der Waals surface area contributed by atoms with E-state index in [1.54, 1.807) is 13.0 Å². The van der Waals surface area contributed by atoms with E-state index in [9.17, 15) is 4.39 Å². The number of nitrogens with two attached hydrogens (primary N) is 3. The van der Waals surface area contributed by atoms with Crippen LogP contribution in [0.1, 0.15) is 63.6 Å². The van der Waals surface area contributed by atoms with Crippen LogP contribution in [0.5, 0.6) is 0 Å². The molecule has 0 heterocycles. The van der Waals surface area contributed by atoms with Crippen LogP contribution >= 0.6 is 0 Å². The molecular formula is C24H39FN4. The minimum absolute atomic E-state index is 0.191. The molecule has 1 aliphatic rings. The van der Waals surface area contributed by atoms with E-state index in [-0.39, 0.29) is 17.9 Å². The first-order valence-corrected chi connectivity index (χ1v) is 10.6. The number of nitrogen functional groups attached to an aromatic ring is 1. The molecule has 2 rings (SSSR count). The Balaban J connectivity index is 0.000000308. The van der Waals surface area contributed by atoms with E-state index in [1.807, 2.05) is 6.92 Å². The summed E-state index contributed by atoms with van der Waals surface area (Å²) >= 11 is 0. The second-order valence-electron chi connectivity index (χ2n) is 7.71. The van der Waals surface area contributed by atoms with Gasteiger partial charge in [0.15, 0.2) is 0 Å². The third-order valence-corrected chi connectivity index (χ3v) is 4.93. The molecule has 0 aliphatic heterocycles. The Bertz CT molecular complexity index is 720. The molecule has 0 saturated heterocycles. The number of hydrogen-bond acceptors (Lipinski definition) is 4. The first-order chi connectivity index (χ1) is 13.8. The Kier molecular flexibility index (Phi) is 11.5. The zero-order valence-corrected chi connectivity index (χ0v) is 18.5. The van der Waals surface area contributed by atoms with E-state index in [1.165, 1.54) is 30.1 Å². The Labute approximate surface area is 176 Å². The average molecular weight is 403 g/mol. The highest BCUT2D eigenvalue weighted by atomic mass is 19.1. The van der Waals surface area contributed by atoms with Crippen molar-refractivity contribution in [3.05, 3.63) is 64.5 Å². The van der Waals surface area contributed by atoms with Crippen molar-refractivity contribution in [2.75, 3.05) is 18.8 Å². The Morgan fingerprint density at radius 3 is 2.66 bits per heavy atom. The zero-order valence-electron chi connectivity index (χ0n) is 18.5. The first kappa shape index (κ1) is 25.1. The number of nitrogens with one attached hydrogen (secondary N) is 1. The lowest BCUT2D eigenvalue weighted by atomic mass is 9.95. The van der Waals surface area contributed by atoms with Gasteiger partial charge in [-0.3, -0.25) is 0 Å². The van der Waals surface area contributed by atoms with E-state index in [0.29, 0.717) is 11.3 Å². The summed E-state index contributed by atoms with van der Waals surface area (Å²) < 4.78 is 13.1. The summed E-state index contributed by atoms with van der Waals surface area (Å²) in [5.74, 6) is -0.326. The molecule has 1 aromatic carbocycles. The quantitative estimate of drug-likeness (QED) is 0.376. The number of allylic oxidation sites excluding steroid dienone is 3. The van der Waals surface area contributed by atoms with Crippen LogP contribution in [0.25, 0.3) is 0 Å². The fraction of sp³-hybridized carbons (Fsp3) is 0.500. The van der Waals surface area contributed by atoms with Gasteiger partial charge in [0.2, 0.25) is 0 Å². The predicted molar refractivity (Wildman–Crippen MR) is 124 cm³/mol. The second-order valence-corrected chi connectivity index (χ2v) is 7.71. The highest BCUT2D eigenvalue weighted by Gasteiger charge is 2.09. The molecule has 0 bridgehead atoms. The second kappa shape index (κ2) is 13.3. The highest BCUT2D eigenvalue weighted by Crippen LogP contribution is 2.21. The number of unbranched alkanes of at least 4 members (excludes halogenated alkanes) is 2. The normalized spacial score (nSPS) is 17.4. The van der Waals surface area contributed by atoms with Gasteiger partial charge in [-0.1, -0.05) is 36.8 Å². The van der Waals surface area contributed by atoms with Crippen LogP contribution in [0.15, 0.2) is 47.6 Å². The molecule has 2 unspecified atom stereocenters. The molecule has 0 spiro atoms. The molecule has 0 saturated carbocycles. The van der Waals surface area contributed by atoms with Gasteiger partial charge < -0.3 is 22.5 Å². The lowest BCUT2D eigenvalue weighted by Gasteiger charge is -2.16. The molecule has 7 N–H and O–H groups in total. The van der Waals surface area contributed by atoms with Crippen LogP contribution < -0.4 is 22.5 Å². The number of rotatable bonds is 8. The molecule has 4 nitrogen and oxygen atoms in total. The molecule has 162 valence electrons. The van der Waals surface area contributed by atoms with E-state index in [0.717, 1.165) is 31.5 Å². The third kappa shape index (κ3) is 9.39. The fourth-order valence-electron chi connectivity index (χ4n) is 3.03. The predicted octanol–water partition coefficient (Wildman–Crippen LogP) is 4.66. The van der Waals surface area contributed by atoms with Crippen LogP contribution in [0.2, 0.25) is 0 Å². The van der Waals surface area contributed by atoms with Gasteiger partial charge in [0.1, 0.15) is 5.82 Å². The van der Waals surface area contributed by atoms with Crippen LogP contribution in [-0.4, -0.2) is 19.1 Å². The summed E-state index contributed by atoms with van der Waals surface area (Å²) in [6, 6.07) is 2.91. The monoisotopic (exact) mass is 402 g/mol. The van der Waals surface area contributed by atoms with Gasteiger partial charge in [0.05, 0.1) is 0 Å². The van der Waals surface area contributed by atoms with Gasteiger partial charge in [-0.15, -0.1) is 0 Å². The number of anilines is 1. The molecule has 0 aromatic heterocycles. The van der Waals surface area contributed by atoms with Crippen LogP contribution in [0.4, 0.5) is 10.1 Å². The molecular weight excluding hydrogens is 363 g/mol. The maximum Gasteiger partial charge on any atom is 0.130 e. The van der Waals surface area contributed by atoms with E-state index in [2.05, 4.69) is 43.5 Å². The van der Waals surface area contributed by atoms with Crippen molar-refractivity contribution in [2.24, 2.45) is 11.5 Å². The Hall–Kier alpha value is -1.95. The largest absolute Gasteiger partial charge is 0.398 e. The molecule has 1 aromatic rings. The SMILES string of the molecule is CCNCCCC/C=C\C1=CC(C)=CCC1N.Cc1cc(C(C)N)c(F)cc1N. The van der Waals surface area contributed by atoms with Crippen molar-refractivity contribution in [3.8, 4) is 0 Å². The minimum Gasteiger partial charge on any atom is -0.398 e. The van der Waals surface area contributed by atoms with Crippen LogP contribution in [0, 0.1) is 12.7 Å². The molecule has 0 radical (unpaired) electrons. The third-order valence-electron chi connectivity index (χ3n) is 4.93. The van der Waals surface area contributed by atoms with E-state index < -0.39 is 0 Å². The first-order valence-electron chi connectivity index (χ1n) is 10.6. The summed E-state index contributed by atoms with van der Waals surface area (Å²) in [6.07, 6.45) is 13.5. The lowest BCUT2D eigenvalue weighted by molar-refractivity contribution is 0.594. The summed E-state index contributed by atoms with van der Waals surface area (Å²) in [4.78, 5) is 0. The van der Waals surface area contributed by atoms with Gasteiger partial charge in [-0.2, -0.15) is 0 Å². The van der Waals surface area contributed by atoms with Gasteiger partial charge >= 0.3 is 0 Å². The molecule has 29 heavy (non-hydrogen) atoms. The standard InChI is InChI=1S/C15H26N2.C9H13FN2/c1-3-17-11-7-5-4-6-8-14-12-13(2)9-10-15(14)16;1-5-3-7(6(2)11)8(10)4-9(5)12/h6,8-9,12,15,17H,3-5,7,10-11,16H2,1-2H3;3-4,6H,11-12H2,1-2H3/b8-6-;. The van der Waals surface area contributed by atoms with E-state index in [4.69, 9.17) is 17.2 Å². The summed E-state index contributed by atoms with van der Waals surface area (Å²) in [6.45, 7) is 10.1. The van der Waals surface area contributed by atoms with Crippen molar-refractivity contribution >= 4 is 5.69 Å². The van der Waals surface area contributed by atoms with Crippen LogP contribution in [0.3, 0.4) is 0 Å². The Morgan fingerprint density at radius 1 is 1.28 bits per heavy atom. The summed E-state index contributed by atoms with van der Waals surface area (Å²) in [5.41, 5.74) is 21.6. The number of halogens is 1. The molecule has 2 atom stereocenters. The highest BCUT2D eigenvalue weighted by molar-refractivity contribution is 5.48. The summed E-state index contributed by atoms with van der Waals surface area (Å²) in [7, 11) is 0. The maximum atomic E-state index is 13.1. The van der Waals surface area contributed by atoms with Gasteiger partial charge in [-0.05, 0) is 82.8 Å². The van der Waals surface area contributed by atoms with Crippen molar-refractivity contribution in [3.63, 3.8) is 0 Å². The Morgan fingerprint density at radius 2 is 2.00 bits per heavy atom. The number of benzene rings is 1. The van der Waals surface area contributed by atoms with E-state index >= 15 is 0 Å². The molecule has 0 fully saturated rings. The average Bonchev–Trinajstić information content (AvgIpc) is 2.67. The molecule has 5 heteroatoms. The van der Waals surface area contributed by atoms with Gasteiger partial charge in [0.25, 0.3) is 0 Å². The van der Waals surface area contributed by atoms with Crippen molar-refractivity contribution in [2.45, 2.75) is 65.5 Å². The molecule has 0 amide bonds. The van der Waals surface area contributed by atoms with Gasteiger partial charge in [-0.25, -0.2) is 4.39 Å². The van der Waals surface area contributed by atoms with Crippen molar-refractivity contribution < 1.29 is 4.39 Å². The van der Waals surface area contributed by atoms with Crippen molar-refractivity contribution in [1.29, 1.82) is 0 Å². The topological polar surface area (TPSA) is 90.1 Å². The number of hydrogen-bond donors (Lipinski definition) is 4. The number of aryl methyl sites for hydroxylation is 1. The maximum absolute atomic E-state index is 13.1. The zero-order chi connectivity index (χ0) is 21.8. The minimum atomic E-state index is -0.326. The smallest absolute Gasteiger partial charge is 0.130 e.